The summed E-state index contributed by atoms with van der Waals surface area (Å²) in [4.78, 5) is 15.1. The number of carbonyl (C=O) groups is 1. The van der Waals surface area contributed by atoms with Gasteiger partial charge in [0, 0.05) is 18.5 Å². The molecular weight excluding hydrogens is 342 g/mol. The molecule has 0 N–H and O–H groups in total. The molecule has 5 heteroatoms. The molecule has 2 aliphatic heterocycles. The van der Waals surface area contributed by atoms with E-state index in [1.165, 1.54) is 0 Å². The van der Waals surface area contributed by atoms with E-state index < -0.39 is 6.10 Å². The molecule has 0 radical (unpaired) electrons. The number of hydrogen-bond donors (Lipinski definition) is 0. The van der Waals surface area contributed by atoms with E-state index in [0.717, 1.165) is 22.6 Å². The largest absolute Gasteiger partial charge is 0.473 e. The van der Waals surface area contributed by atoms with Crippen LogP contribution in [0, 0.1) is 0 Å². The van der Waals surface area contributed by atoms with Crippen molar-refractivity contribution < 1.29 is 19.0 Å². The van der Waals surface area contributed by atoms with Crippen LogP contribution >= 0.6 is 0 Å². The van der Waals surface area contributed by atoms with Gasteiger partial charge in [0.15, 0.2) is 6.29 Å². The number of fused-ring (bicyclic) bond motifs is 1. The van der Waals surface area contributed by atoms with Gasteiger partial charge >= 0.3 is 0 Å². The molecule has 1 amide bonds. The van der Waals surface area contributed by atoms with Crippen LogP contribution in [0.2, 0.25) is 0 Å². The van der Waals surface area contributed by atoms with Crippen molar-refractivity contribution in [3.05, 3.63) is 59.7 Å². The molecule has 2 aromatic carbocycles. The normalized spacial score (nSPS) is 20.0. The summed E-state index contributed by atoms with van der Waals surface area (Å²) in [6.45, 7) is 6.03. The lowest BCUT2D eigenvalue weighted by molar-refractivity contribution is -0.127. The highest BCUT2D eigenvalue weighted by Gasteiger charge is 2.37. The minimum absolute atomic E-state index is 0.0485. The molecule has 2 heterocycles. The van der Waals surface area contributed by atoms with Crippen LogP contribution in [-0.2, 0) is 14.3 Å². The van der Waals surface area contributed by atoms with Crippen molar-refractivity contribution in [2.75, 3.05) is 24.7 Å². The van der Waals surface area contributed by atoms with Gasteiger partial charge in [-0.05, 0) is 17.5 Å². The van der Waals surface area contributed by atoms with Gasteiger partial charge in [-0.1, -0.05) is 56.3 Å². The van der Waals surface area contributed by atoms with Crippen molar-refractivity contribution in [2.24, 2.45) is 0 Å². The summed E-state index contributed by atoms with van der Waals surface area (Å²) in [6.07, 6.45) is -0.241. The van der Waals surface area contributed by atoms with E-state index in [0.29, 0.717) is 32.1 Å². The van der Waals surface area contributed by atoms with Crippen molar-refractivity contribution >= 4 is 11.6 Å². The first-order chi connectivity index (χ1) is 13.1. The van der Waals surface area contributed by atoms with Gasteiger partial charge in [-0.2, -0.15) is 0 Å². The van der Waals surface area contributed by atoms with Crippen molar-refractivity contribution in [3.63, 3.8) is 0 Å². The van der Waals surface area contributed by atoms with Crippen LogP contribution in [0.25, 0.3) is 0 Å². The van der Waals surface area contributed by atoms with Crippen molar-refractivity contribution in [1.82, 2.24) is 0 Å². The number of nitrogens with zero attached hydrogens (tertiary/aromatic N) is 1. The Kier molecular flexibility index (Phi) is 5.14. The summed E-state index contributed by atoms with van der Waals surface area (Å²) >= 11 is 0. The number of amides is 1. The molecule has 0 aromatic heterocycles. The van der Waals surface area contributed by atoms with E-state index in [-0.39, 0.29) is 12.2 Å². The van der Waals surface area contributed by atoms with Crippen LogP contribution in [-0.4, -0.2) is 32.0 Å². The molecule has 0 saturated carbocycles. The fourth-order valence-electron chi connectivity index (χ4n) is 3.64. The molecule has 0 bridgehead atoms. The second kappa shape index (κ2) is 7.71. The SMILES string of the molecule is CC(C)c1cccc2c1OC(c1ccccc1)C(=O)N2CCC1OCCO1. The van der Waals surface area contributed by atoms with E-state index in [2.05, 4.69) is 19.9 Å². The lowest BCUT2D eigenvalue weighted by atomic mass is 9.98. The number of hydrogen-bond acceptors (Lipinski definition) is 4. The Hall–Kier alpha value is -2.37. The number of carbonyl (C=O) groups excluding carboxylic acids is 1. The standard InChI is InChI=1S/C22H25NO4/c1-15(2)17-9-6-10-18-21(17)27-20(16-7-4-3-5-8-16)22(24)23(18)12-11-19-25-13-14-26-19/h3-10,15,19-20H,11-14H2,1-2H3. The molecule has 5 nitrogen and oxygen atoms in total. The Morgan fingerprint density at radius 3 is 2.48 bits per heavy atom. The summed E-state index contributed by atoms with van der Waals surface area (Å²) in [6, 6.07) is 15.7. The Morgan fingerprint density at radius 1 is 1.04 bits per heavy atom. The first-order valence-electron chi connectivity index (χ1n) is 9.54. The lowest BCUT2D eigenvalue weighted by Gasteiger charge is -2.36. The molecule has 142 valence electrons. The third kappa shape index (κ3) is 3.57. The Labute approximate surface area is 159 Å². The smallest absolute Gasteiger partial charge is 0.272 e. The van der Waals surface area contributed by atoms with E-state index in [9.17, 15) is 4.79 Å². The lowest BCUT2D eigenvalue weighted by Crippen LogP contribution is -2.42. The maximum Gasteiger partial charge on any atom is 0.272 e. The first-order valence-corrected chi connectivity index (χ1v) is 9.54. The van der Waals surface area contributed by atoms with Crippen molar-refractivity contribution in [3.8, 4) is 5.75 Å². The number of para-hydroxylation sites is 1. The zero-order valence-corrected chi connectivity index (χ0v) is 15.8. The monoisotopic (exact) mass is 367 g/mol. The van der Waals surface area contributed by atoms with E-state index in [1.54, 1.807) is 0 Å². The van der Waals surface area contributed by atoms with Crippen LogP contribution in [0.1, 0.15) is 43.4 Å². The third-order valence-electron chi connectivity index (χ3n) is 5.05. The molecule has 1 fully saturated rings. The summed E-state index contributed by atoms with van der Waals surface area (Å²) in [5, 5.41) is 0. The maximum absolute atomic E-state index is 13.3. The van der Waals surface area contributed by atoms with Gasteiger partial charge in [0.25, 0.3) is 5.91 Å². The molecule has 2 aromatic rings. The molecule has 27 heavy (non-hydrogen) atoms. The first kappa shape index (κ1) is 18.0. The topological polar surface area (TPSA) is 48.0 Å². The third-order valence-corrected chi connectivity index (χ3v) is 5.05. The van der Waals surface area contributed by atoms with Gasteiger partial charge in [0.1, 0.15) is 5.75 Å². The van der Waals surface area contributed by atoms with E-state index >= 15 is 0 Å². The number of rotatable bonds is 5. The zero-order chi connectivity index (χ0) is 18.8. The molecule has 2 aliphatic rings. The van der Waals surface area contributed by atoms with Crippen LogP contribution in [0.15, 0.2) is 48.5 Å². The van der Waals surface area contributed by atoms with Gasteiger partial charge in [-0.3, -0.25) is 4.79 Å². The van der Waals surface area contributed by atoms with Crippen LogP contribution in [0.5, 0.6) is 5.75 Å². The molecular formula is C22H25NO4. The van der Waals surface area contributed by atoms with Crippen molar-refractivity contribution in [1.29, 1.82) is 0 Å². The molecule has 0 aliphatic carbocycles. The fraction of sp³-hybridized carbons (Fsp3) is 0.409. The summed E-state index contributed by atoms with van der Waals surface area (Å²) in [5.74, 6) is 1.05. The summed E-state index contributed by atoms with van der Waals surface area (Å²) in [7, 11) is 0. The number of anilines is 1. The predicted octanol–water partition coefficient (Wildman–Crippen LogP) is 4.04. The maximum atomic E-state index is 13.3. The van der Waals surface area contributed by atoms with Gasteiger partial charge in [-0.25, -0.2) is 0 Å². The quantitative estimate of drug-likeness (QED) is 0.800. The molecule has 0 spiro atoms. The van der Waals surface area contributed by atoms with Gasteiger partial charge in [-0.15, -0.1) is 0 Å². The minimum atomic E-state index is -0.635. The second-order valence-electron chi connectivity index (χ2n) is 7.21. The van der Waals surface area contributed by atoms with E-state index in [4.69, 9.17) is 14.2 Å². The highest BCUT2D eigenvalue weighted by molar-refractivity contribution is 6.00. The van der Waals surface area contributed by atoms with E-state index in [1.807, 2.05) is 47.4 Å². The Bertz CT molecular complexity index is 799. The molecule has 1 saturated heterocycles. The number of ether oxygens (including phenoxy) is 3. The highest BCUT2D eigenvalue weighted by atomic mass is 16.7. The Balaban J connectivity index is 1.70. The summed E-state index contributed by atoms with van der Waals surface area (Å²) < 4.78 is 17.4. The number of benzene rings is 2. The van der Waals surface area contributed by atoms with Gasteiger partial charge < -0.3 is 19.1 Å². The van der Waals surface area contributed by atoms with Crippen LogP contribution in [0.4, 0.5) is 5.69 Å². The second-order valence-corrected chi connectivity index (χ2v) is 7.21. The average molecular weight is 367 g/mol. The highest BCUT2D eigenvalue weighted by Crippen LogP contribution is 2.43. The average Bonchev–Trinajstić information content (AvgIpc) is 3.20. The van der Waals surface area contributed by atoms with Crippen molar-refractivity contribution in [2.45, 2.75) is 38.6 Å². The Morgan fingerprint density at radius 2 is 1.78 bits per heavy atom. The molecule has 4 rings (SSSR count). The van der Waals surface area contributed by atoms with Crippen LogP contribution in [0.3, 0.4) is 0 Å². The van der Waals surface area contributed by atoms with Gasteiger partial charge in [0.2, 0.25) is 6.10 Å². The molecule has 1 unspecified atom stereocenters. The molecule has 1 atom stereocenters. The summed E-state index contributed by atoms with van der Waals surface area (Å²) in [5.41, 5.74) is 2.81. The minimum Gasteiger partial charge on any atom is -0.473 e. The van der Waals surface area contributed by atoms with Crippen LogP contribution < -0.4 is 9.64 Å². The predicted molar refractivity (Wildman–Crippen MR) is 103 cm³/mol. The van der Waals surface area contributed by atoms with Gasteiger partial charge in [0.05, 0.1) is 18.9 Å². The zero-order valence-electron chi connectivity index (χ0n) is 15.8. The fourth-order valence-corrected chi connectivity index (χ4v) is 3.64.